The van der Waals surface area contributed by atoms with Gasteiger partial charge in [-0.3, -0.25) is 14.6 Å². The molecule has 1 rings (SSSR count). The molecule has 1 fully saturated rings. The van der Waals surface area contributed by atoms with Crippen molar-refractivity contribution in [2.75, 3.05) is 79.7 Å². The Morgan fingerprint density at radius 2 is 1.67 bits per heavy atom. The van der Waals surface area contributed by atoms with Crippen LogP contribution in [0.4, 0.5) is 0 Å². The minimum Gasteiger partial charge on any atom is -0.448 e. The van der Waals surface area contributed by atoms with E-state index < -0.39 is 6.04 Å². The summed E-state index contributed by atoms with van der Waals surface area (Å²) >= 11 is 0. The standard InChI is InChI=1S/C16H36N6O2/c1-21(2)14-24-16(23)15(17)13-22-11-4-7-19-9-8-18-5-3-6-20-10-12-22/h15,18-20H,3-14,17H2,1-2H3. The number of nitrogens with two attached hydrogens (primary N) is 1. The number of hydrogen-bond acceptors (Lipinski definition) is 8. The fourth-order valence-electron chi connectivity index (χ4n) is 2.50. The molecule has 24 heavy (non-hydrogen) atoms. The minimum atomic E-state index is -0.596. The van der Waals surface area contributed by atoms with Gasteiger partial charge in [0.2, 0.25) is 0 Å². The van der Waals surface area contributed by atoms with Crippen LogP contribution in [0, 0.1) is 0 Å². The van der Waals surface area contributed by atoms with E-state index in [4.69, 9.17) is 10.5 Å². The molecule has 0 spiro atoms. The average molecular weight is 345 g/mol. The van der Waals surface area contributed by atoms with E-state index in [2.05, 4.69) is 20.9 Å². The van der Waals surface area contributed by atoms with E-state index in [-0.39, 0.29) is 12.7 Å². The maximum Gasteiger partial charge on any atom is 0.325 e. The summed E-state index contributed by atoms with van der Waals surface area (Å²) in [5, 5.41) is 10.3. The summed E-state index contributed by atoms with van der Waals surface area (Å²) in [6, 6.07) is -0.596. The highest BCUT2D eigenvalue weighted by molar-refractivity contribution is 5.75. The Balaban J connectivity index is 2.37. The third kappa shape index (κ3) is 10.9. The number of nitrogens with zero attached hydrogens (tertiary/aromatic N) is 2. The third-order valence-electron chi connectivity index (χ3n) is 3.84. The zero-order valence-corrected chi connectivity index (χ0v) is 15.4. The van der Waals surface area contributed by atoms with Crippen molar-refractivity contribution in [2.45, 2.75) is 18.9 Å². The fourth-order valence-corrected chi connectivity index (χ4v) is 2.50. The van der Waals surface area contributed by atoms with Crippen molar-refractivity contribution in [3.8, 4) is 0 Å². The number of nitrogens with one attached hydrogen (secondary N) is 3. The molecule has 0 saturated carbocycles. The summed E-state index contributed by atoms with van der Waals surface area (Å²) in [5.74, 6) is -0.333. The van der Waals surface area contributed by atoms with Crippen LogP contribution in [0.5, 0.6) is 0 Å². The smallest absolute Gasteiger partial charge is 0.325 e. The summed E-state index contributed by atoms with van der Waals surface area (Å²) in [4.78, 5) is 16.0. The first-order chi connectivity index (χ1) is 11.6. The SMILES string of the molecule is CN(C)COC(=O)C(N)CN1CCCNCCNCCCNCC1. The van der Waals surface area contributed by atoms with E-state index in [0.29, 0.717) is 6.54 Å². The quantitative estimate of drug-likeness (QED) is 0.344. The number of ether oxygens (including phenoxy) is 1. The Labute approximate surface area is 146 Å². The number of carbonyl (C=O) groups excluding carboxylic acids is 1. The molecule has 1 aliphatic heterocycles. The highest BCUT2D eigenvalue weighted by Gasteiger charge is 2.19. The molecular formula is C16H36N6O2. The number of hydrogen-bond donors (Lipinski definition) is 4. The number of rotatable bonds is 5. The second kappa shape index (κ2) is 13.5. The lowest BCUT2D eigenvalue weighted by Crippen LogP contribution is -2.46. The summed E-state index contributed by atoms with van der Waals surface area (Å²) in [6.07, 6.45) is 2.16. The van der Waals surface area contributed by atoms with Crippen molar-refractivity contribution in [1.29, 1.82) is 0 Å². The van der Waals surface area contributed by atoms with Crippen LogP contribution in [0.3, 0.4) is 0 Å². The summed E-state index contributed by atoms with van der Waals surface area (Å²) < 4.78 is 5.17. The lowest BCUT2D eigenvalue weighted by Gasteiger charge is -2.25. The van der Waals surface area contributed by atoms with Crippen molar-refractivity contribution in [3.05, 3.63) is 0 Å². The van der Waals surface area contributed by atoms with Crippen LogP contribution < -0.4 is 21.7 Å². The van der Waals surface area contributed by atoms with Gasteiger partial charge in [0.15, 0.2) is 0 Å². The molecule has 0 amide bonds. The van der Waals surface area contributed by atoms with Crippen molar-refractivity contribution in [3.63, 3.8) is 0 Å². The second-order valence-corrected chi connectivity index (χ2v) is 6.54. The first-order valence-electron chi connectivity index (χ1n) is 9.01. The van der Waals surface area contributed by atoms with Crippen LogP contribution >= 0.6 is 0 Å². The van der Waals surface area contributed by atoms with Crippen LogP contribution in [0.1, 0.15) is 12.8 Å². The van der Waals surface area contributed by atoms with E-state index in [1.807, 2.05) is 14.1 Å². The molecule has 1 atom stereocenters. The van der Waals surface area contributed by atoms with Gasteiger partial charge in [-0.05, 0) is 53.1 Å². The molecule has 1 heterocycles. The first-order valence-corrected chi connectivity index (χ1v) is 9.01. The van der Waals surface area contributed by atoms with E-state index in [0.717, 1.165) is 65.2 Å². The van der Waals surface area contributed by atoms with Gasteiger partial charge in [0.1, 0.15) is 12.8 Å². The molecule has 5 N–H and O–H groups in total. The van der Waals surface area contributed by atoms with Gasteiger partial charge in [0, 0.05) is 32.7 Å². The van der Waals surface area contributed by atoms with E-state index in [1.165, 1.54) is 0 Å². The lowest BCUT2D eigenvalue weighted by molar-refractivity contribution is -0.149. The molecule has 0 aromatic carbocycles. The van der Waals surface area contributed by atoms with Gasteiger partial charge in [-0.1, -0.05) is 0 Å². The molecule has 8 heteroatoms. The lowest BCUT2D eigenvalue weighted by atomic mass is 10.2. The van der Waals surface area contributed by atoms with E-state index in [9.17, 15) is 4.79 Å². The van der Waals surface area contributed by atoms with E-state index in [1.54, 1.807) is 4.90 Å². The second-order valence-electron chi connectivity index (χ2n) is 6.54. The predicted molar refractivity (Wildman–Crippen MR) is 96.9 cm³/mol. The Hall–Kier alpha value is -0.770. The van der Waals surface area contributed by atoms with Gasteiger partial charge >= 0.3 is 5.97 Å². The zero-order valence-electron chi connectivity index (χ0n) is 15.4. The Morgan fingerprint density at radius 3 is 2.33 bits per heavy atom. The van der Waals surface area contributed by atoms with Crippen LogP contribution in [-0.2, 0) is 9.53 Å². The average Bonchev–Trinajstić information content (AvgIpc) is 2.55. The molecule has 142 valence electrons. The largest absolute Gasteiger partial charge is 0.448 e. The monoisotopic (exact) mass is 344 g/mol. The molecule has 0 bridgehead atoms. The van der Waals surface area contributed by atoms with Crippen molar-refractivity contribution >= 4 is 5.97 Å². The molecule has 1 aliphatic rings. The van der Waals surface area contributed by atoms with Gasteiger partial charge in [0.05, 0.1) is 0 Å². The molecule has 1 unspecified atom stereocenters. The highest BCUT2D eigenvalue weighted by atomic mass is 16.5. The van der Waals surface area contributed by atoms with Crippen LogP contribution in [-0.4, -0.2) is 102 Å². The molecule has 0 radical (unpaired) electrons. The van der Waals surface area contributed by atoms with Crippen molar-refractivity contribution < 1.29 is 9.53 Å². The van der Waals surface area contributed by atoms with Crippen LogP contribution in [0.2, 0.25) is 0 Å². The van der Waals surface area contributed by atoms with Crippen LogP contribution in [0.25, 0.3) is 0 Å². The molecule has 0 aliphatic carbocycles. The Bertz CT molecular complexity index is 316. The molecule has 1 saturated heterocycles. The summed E-state index contributed by atoms with van der Waals surface area (Å²) in [7, 11) is 3.71. The maximum absolute atomic E-state index is 11.9. The van der Waals surface area contributed by atoms with Gasteiger partial charge in [-0.25, -0.2) is 0 Å². The topological polar surface area (TPSA) is 94.9 Å². The normalized spacial score (nSPS) is 21.2. The van der Waals surface area contributed by atoms with Gasteiger partial charge in [-0.2, -0.15) is 0 Å². The zero-order chi connectivity index (χ0) is 17.6. The Morgan fingerprint density at radius 1 is 1.04 bits per heavy atom. The fraction of sp³-hybridized carbons (Fsp3) is 0.938. The first kappa shape index (κ1) is 21.3. The van der Waals surface area contributed by atoms with Crippen LogP contribution in [0.15, 0.2) is 0 Å². The Kier molecular flexibility index (Phi) is 12.0. The van der Waals surface area contributed by atoms with Gasteiger partial charge in [0.25, 0.3) is 0 Å². The number of esters is 1. The molecule has 8 nitrogen and oxygen atoms in total. The van der Waals surface area contributed by atoms with Crippen molar-refractivity contribution in [1.82, 2.24) is 25.8 Å². The minimum absolute atomic E-state index is 0.270. The molecule has 0 aromatic rings. The maximum atomic E-state index is 11.9. The summed E-state index contributed by atoms with van der Waals surface area (Å²) in [6.45, 7) is 8.56. The number of carbonyl (C=O) groups is 1. The molecule has 0 aromatic heterocycles. The van der Waals surface area contributed by atoms with Gasteiger partial charge < -0.3 is 26.4 Å². The van der Waals surface area contributed by atoms with E-state index >= 15 is 0 Å². The highest BCUT2D eigenvalue weighted by Crippen LogP contribution is 1.96. The summed E-state index contributed by atoms with van der Waals surface area (Å²) in [5.41, 5.74) is 6.02. The van der Waals surface area contributed by atoms with Gasteiger partial charge in [-0.15, -0.1) is 0 Å². The predicted octanol–water partition coefficient (Wildman–Crippen LogP) is -1.76. The third-order valence-corrected chi connectivity index (χ3v) is 3.84. The van der Waals surface area contributed by atoms with Crippen molar-refractivity contribution in [2.24, 2.45) is 5.73 Å². The molecular weight excluding hydrogens is 308 g/mol.